The number of benzene rings is 1. The van der Waals surface area contributed by atoms with E-state index in [1.807, 2.05) is 17.0 Å². The molecule has 0 atom stereocenters. The molecule has 1 aliphatic rings. The molecule has 1 saturated heterocycles. The maximum absolute atomic E-state index is 12.7. The van der Waals surface area contributed by atoms with Gasteiger partial charge >= 0.3 is 0 Å². The average Bonchev–Trinajstić information content (AvgIpc) is 3.29. The Morgan fingerprint density at radius 2 is 2.00 bits per heavy atom. The first-order chi connectivity index (χ1) is 13.5. The van der Waals surface area contributed by atoms with Crippen LogP contribution in [-0.2, 0) is 0 Å². The number of nitrogens with one attached hydrogen (secondary N) is 2. The monoisotopic (exact) mass is 432 g/mol. The van der Waals surface area contributed by atoms with Gasteiger partial charge in [0.1, 0.15) is 0 Å². The van der Waals surface area contributed by atoms with E-state index in [1.54, 1.807) is 0 Å². The molecule has 1 fully saturated rings. The minimum Gasteiger partial charge on any atom is -0.317 e. The number of halogens is 1. The predicted molar refractivity (Wildman–Crippen MR) is 118 cm³/mol. The van der Waals surface area contributed by atoms with Crippen LogP contribution in [0.3, 0.4) is 0 Å². The summed E-state index contributed by atoms with van der Waals surface area (Å²) in [6, 6.07) is 6.57. The Balaban J connectivity index is 0.00000240. The van der Waals surface area contributed by atoms with Gasteiger partial charge in [0.15, 0.2) is 10.8 Å². The number of amides is 1. The van der Waals surface area contributed by atoms with E-state index in [4.69, 9.17) is 0 Å². The predicted octanol–water partition coefficient (Wildman–Crippen LogP) is 3.93. The van der Waals surface area contributed by atoms with Crippen molar-refractivity contribution < 1.29 is 4.79 Å². The summed E-state index contributed by atoms with van der Waals surface area (Å²) in [5, 5.41) is 17.1. The lowest BCUT2D eigenvalue weighted by atomic mass is 10.0. The Morgan fingerprint density at radius 1 is 1.24 bits per heavy atom. The van der Waals surface area contributed by atoms with Gasteiger partial charge in [-0.15, -0.1) is 28.8 Å². The maximum Gasteiger partial charge on any atom is 0.279 e. The number of anilines is 1. The molecule has 1 aromatic carbocycles. The SMILES string of the molecule is Cc1ccc(-c2csc(NC(=O)c3nnn(C4CCNCC4)c3C)n2)c(C)c1.Cl. The third kappa shape index (κ3) is 4.49. The van der Waals surface area contributed by atoms with E-state index in [-0.39, 0.29) is 18.3 Å². The van der Waals surface area contributed by atoms with Crippen molar-refractivity contribution in [1.82, 2.24) is 25.3 Å². The fourth-order valence-electron chi connectivity index (χ4n) is 3.66. The van der Waals surface area contributed by atoms with Crippen LogP contribution in [0.4, 0.5) is 5.13 Å². The molecule has 0 aliphatic carbocycles. The number of piperidine rings is 1. The number of carbonyl (C=O) groups excluding carboxylic acids is 1. The second-order valence-corrected chi connectivity index (χ2v) is 8.12. The molecule has 1 amide bonds. The van der Waals surface area contributed by atoms with Crippen molar-refractivity contribution in [2.24, 2.45) is 0 Å². The molecule has 0 saturated carbocycles. The standard InChI is InChI=1S/C20H24N6OS.ClH/c1-12-4-5-16(13(2)10-12)17-11-28-20(22-17)23-19(27)18-14(3)26(25-24-18)15-6-8-21-9-7-15;/h4-5,10-11,15,21H,6-9H2,1-3H3,(H,22,23,27);1H. The lowest BCUT2D eigenvalue weighted by molar-refractivity contribution is 0.102. The molecule has 7 nitrogen and oxygen atoms in total. The van der Waals surface area contributed by atoms with Crippen molar-refractivity contribution in [1.29, 1.82) is 0 Å². The van der Waals surface area contributed by atoms with Gasteiger partial charge in [0.05, 0.1) is 17.4 Å². The van der Waals surface area contributed by atoms with Gasteiger partial charge < -0.3 is 5.32 Å². The molecule has 1 aliphatic heterocycles. The molecule has 2 aromatic heterocycles. The molecule has 0 spiro atoms. The second-order valence-electron chi connectivity index (χ2n) is 7.26. The van der Waals surface area contributed by atoms with Gasteiger partial charge in [0.25, 0.3) is 5.91 Å². The summed E-state index contributed by atoms with van der Waals surface area (Å²) in [6.07, 6.45) is 1.99. The molecule has 29 heavy (non-hydrogen) atoms. The van der Waals surface area contributed by atoms with Crippen LogP contribution >= 0.6 is 23.7 Å². The van der Waals surface area contributed by atoms with E-state index >= 15 is 0 Å². The summed E-state index contributed by atoms with van der Waals surface area (Å²) >= 11 is 1.41. The maximum atomic E-state index is 12.7. The number of carbonyl (C=O) groups is 1. The highest BCUT2D eigenvalue weighted by atomic mass is 35.5. The minimum atomic E-state index is -0.265. The summed E-state index contributed by atoms with van der Waals surface area (Å²) in [5.41, 5.74) is 5.50. The normalized spacial score (nSPS) is 14.4. The highest BCUT2D eigenvalue weighted by Gasteiger charge is 2.23. The van der Waals surface area contributed by atoms with Crippen LogP contribution in [0.15, 0.2) is 23.6 Å². The molecule has 2 N–H and O–H groups in total. The van der Waals surface area contributed by atoms with Crippen molar-refractivity contribution in [2.75, 3.05) is 18.4 Å². The van der Waals surface area contributed by atoms with Gasteiger partial charge in [0.2, 0.25) is 0 Å². The van der Waals surface area contributed by atoms with E-state index in [1.165, 1.54) is 22.5 Å². The quantitative estimate of drug-likeness (QED) is 0.652. The third-order valence-corrected chi connectivity index (χ3v) is 5.94. The number of hydrogen-bond acceptors (Lipinski definition) is 6. The molecule has 4 rings (SSSR count). The Morgan fingerprint density at radius 3 is 2.72 bits per heavy atom. The second kappa shape index (κ2) is 9.02. The molecule has 9 heteroatoms. The van der Waals surface area contributed by atoms with Crippen molar-refractivity contribution in [3.05, 3.63) is 46.1 Å². The first-order valence-corrected chi connectivity index (χ1v) is 10.4. The van der Waals surface area contributed by atoms with Gasteiger partial charge in [-0.2, -0.15) is 0 Å². The van der Waals surface area contributed by atoms with Gasteiger partial charge in [-0.3, -0.25) is 10.1 Å². The number of nitrogens with zero attached hydrogens (tertiary/aromatic N) is 4. The highest BCUT2D eigenvalue weighted by Crippen LogP contribution is 2.28. The van der Waals surface area contributed by atoms with Crippen molar-refractivity contribution in [3.63, 3.8) is 0 Å². The summed E-state index contributed by atoms with van der Waals surface area (Å²) in [5.74, 6) is -0.265. The first-order valence-electron chi connectivity index (χ1n) is 9.50. The molecular weight excluding hydrogens is 408 g/mol. The van der Waals surface area contributed by atoms with Crippen LogP contribution in [0.25, 0.3) is 11.3 Å². The largest absolute Gasteiger partial charge is 0.317 e. The molecule has 3 aromatic rings. The zero-order valence-corrected chi connectivity index (χ0v) is 18.4. The Bertz CT molecular complexity index is 1010. The number of aryl methyl sites for hydroxylation is 2. The number of aromatic nitrogens is 4. The zero-order valence-electron chi connectivity index (χ0n) is 16.7. The topological polar surface area (TPSA) is 84.7 Å². The smallest absolute Gasteiger partial charge is 0.279 e. The lowest BCUT2D eigenvalue weighted by Crippen LogP contribution is -2.30. The number of thiazole rings is 1. The van der Waals surface area contributed by atoms with E-state index in [2.05, 4.69) is 58.0 Å². The number of rotatable bonds is 4. The van der Waals surface area contributed by atoms with Crippen LogP contribution in [-0.4, -0.2) is 39.0 Å². The van der Waals surface area contributed by atoms with Gasteiger partial charge in [-0.05, 0) is 52.3 Å². The van der Waals surface area contributed by atoms with E-state index in [9.17, 15) is 4.79 Å². The molecule has 0 unspecified atom stereocenters. The fourth-order valence-corrected chi connectivity index (χ4v) is 4.37. The zero-order chi connectivity index (χ0) is 19.7. The van der Waals surface area contributed by atoms with Crippen molar-refractivity contribution in [3.8, 4) is 11.3 Å². The molecule has 0 bridgehead atoms. The Kier molecular flexibility index (Phi) is 6.66. The van der Waals surface area contributed by atoms with Gasteiger partial charge in [0, 0.05) is 10.9 Å². The van der Waals surface area contributed by atoms with Gasteiger partial charge in [-0.1, -0.05) is 29.0 Å². The van der Waals surface area contributed by atoms with Crippen molar-refractivity contribution in [2.45, 2.75) is 39.7 Å². The average molecular weight is 433 g/mol. The van der Waals surface area contributed by atoms with Crippen LogP contribution in [0.5, 0.6) is 0 Å². The molecule has 3 heterocycles. The number of hydrogen-bond donors (Lipinski definition) is 2. The summed E-state index contributed by atoms with van der Waals surface area (Å²) in [7, 11) is 0. The summed E-state index contributed by atoms with van der Waals surface area (Å²) < 4.78 is 1.89. The van der Waals surface area contributed by atoms with Gasteiger partial charge in [-0.25, -0.2) is 9.67 Å². The van der Waals surface area contributed by atoms with Crippen LogP contribution in [0, 0.1) is 20.8 Å². The van der Waals surface area contributed by atoms with Crippen LogP contribution in [0.1, 0.15) is 46.2 Å². The summed E-state index contributed by atoms with van der Waals surface area (Å²) in [6.45, 7) is 7.97. The van der Waals surface area contributed by atoms with Crippen LogP contribution < -0.4 is 10.6 Å². The highest BCUT2D eigenvalue weighted by molar-refractivity contribution is 7.14. The third-order valence-electron chi connectivity index (χ3n) is 5.18. The Labute approximate surface area is 180 Å². The van der Waals surface area contributed by atoms with E-state index in [0.717, 1.165) is 42.9 Å². The van der Waals surface area contributed by atoms with E-state index < -0.39 is 0 Å². The molecule has 154 valence electrons. The van der Waals surface area contributed by atoms with E-state index in [0.29, 0.717) is 16.9 Å². The molecular formula is C20H25ClN6OS. The summed E-state index contributed by atoms with van der Waals surface area (Å²) in [4.78, 5) is 17.3. The molecule has 0 radical (unpaired) electrons. The van der Waals surface area contributed by atoms with Crippen molar-refractivity contribution >= 4 is 34.8 Å². The first kappa shape index (κ1) is 21.4. The minimum absolute atomic E-state index is 0. The fraction of sp³-hybridized carbons (Fsp3) is 0.400. The lowest BCUT2D eigenvalue weighted by Gasteiger charge is -2.23. The van der Waals surface area contributed by atoms with Crippen LogP contribution in [0.2, 0.25) is 0 Å². The Hall–Kier alpha value is -2.29.